The monoisotopic (exact) mass is 346 g/mol. The van der Waals surface area contributed by atoms with Gasteiger partial charge >= 0.3 is 0 Å². The van der Waals surface area contributed by atoms with E-state index in [1.807, 2.05) is 22.9 Å². The van der Waals surface area contributed by atoms with Crippen molar-refractivity contribution < 1.29 is 9.59 Å². The van der Waals surface area contributed by atoms with Crippen LogP contribution in [0.5, 0.6) is 0 Å². The molecule has 1 fully saturated rings. The second-order valence-corrected chi connectivity index (χ2v) is 6.20. The predicted molar refractivity (Wildman–Crippen MR) is 90.8 cm³/mol. The third-order valence-electron chi connectivity index (χ3n) is 4.11. The first-order chi connectivity index (χ1) is 11.6. The summed E-state index contributed by atoms with van der Waals surface area (Å²) in [6, 6.07) is 5.09. The first-order valence-corrected chi connectivity index (χ1v) is 8.36. The summed E-state index contributed by atoms with van der Waals surface area (Å²) < 4.78 is 1.85. The molecule has 6 nitrogen and oxygen atoms in total. The smallest absolute Gasteiger partial charge is 0.242 e. The zero-order valence-corrected chi connectivity index (χ0v) is 13.9. The van der Waals surface area contributed by atoms with Crippen LogP contribution in [-0.2, 0) is 16.1 Å². The van der Waals surface area contributed by atoms with Crippen molar-refractivity contribution in [1.82, 2.24) is 20.2 Å². The quantitative estimate of drug-likeness (QED) is 0.891. The number of nitrogens with one attached hydrogen (secondary N) is 2. The van der Waals surface area contributed by atoms with Crippen molar-refractivity contribution in [3.05, 3.63) is 47.5 Å². The fraction of sp³-hybridized carbons (Fsp3) is 0.353. The topological polar surface area (TPSA) is 76.0 Å². The number of halogens is 1. The van der Waals surface area contributed by atoms with Gasteiger partial charge in [0.15, 0.2) is 0 Å². The van der Waals surface area contributed by atoms with Crippen LogP contribution in [0, 0.1) is 0 Å². The lowest BCUT2D eigenvalue weighted by Crippen LogP contribution is -2.45. The number of carbonyl (C=O) groups excluding carboxylic acids is 2. The minimum absolute atomic E-state index is 0.0653. The summed E-state index contributed by atoms with van der Waals surface area (Å²) in [5, 5.41) is 6.24. The Labute approximate surface area is 145 Å². The van der Waals surface area contributed by atoms with Crippen LogP contribution in [-0.4, -0.2) is 27.4 Å². The molecule has 0 bridgehead atoms. The Balaban J connectivity index is 1.72. The Hall–Kier alpha value is -2.34. The summed E-state index contributed by atoms with van der Waals surface area (Å²) in [5.74, 6) is -0.244. The van der Waals surface area contributed by atoms with Gasteiger partial charge in [-0.15, -0.1) is 0 Å². The molecule has 1 aliphatic rings. The first-order valence-electron chi connectivity index (χ1n) is 7.98. The van der Waals surface area contributed by atoms with Gasteiger partial charge in [-0.05, 0) is 25.0 Å². The summed E-state index contributed by atoms with van der Waals surface area (Å²) in [7, 11) is 0. The molecule has 0 spiro atoms. The number of imidazole rings is 1. The van der Waals surface area contributed by atoms with Crippen molar-refractivity contribution in [2.24, 2.45) is 0 Å². The Bertz CT molecular complexity index is 730. The zero-order chi connectivity index (χ0) is 16.9. The van der Waals surface area contributed by atoms with Crippen molar-refractivity contribution in [2.45, 2.75) is 38.3 Å². The van der Waals surface area contributed by atoms with E-state index < -0.39 is 6.04 Å². The highest BCUT2D eigenvalue weighted by molar-refractivity contribution is 6.31. The Morgan fingerprint density at radius 1 is 1.42 bits per heavy atom. The second kappa shape index (κ2) is 7.49. The average Bonchev–Trinajstić information content (AvgIpc) is 3.01. The van der Waals surface area contributed by atoms with Crippen molar-refractivity contribution in [3.8, 4) is 5.69 Å². The number of amides is 2. The number of benzene rings is 1. The van der Waals surface area contributed by atoms with Crippen LogP contribution >= 0.6 is 11.6 Å². The van der Waals surface area contributed by atoms with Crippen molar-refractivity contribution in [2.75, 3.05) is 0 Å². The molecule has 126 valence electrons. The van der Waals surface area contributed by atoms with Gasteiger partial charge in [0.25, 0.3) is 0 Å². The highest BCUT2D eigenvalue weighted by atomic mass is 35.5. The zero-order valence-electron chi connectivity index (χ0n) is 13.2. The predicted octanol–water partition coefficient (Wildman–Crippen LogP) is 2.20. The lowest BCUT2D eigenvalue weighted by molar-refractivity contribution is -0.128. The van der Waals surface area contributed by atoms with Gasteiger partial charge in [0.05, 0.1) is 12.0 Å². The van der Waals surface area contributed by atoms with Gasteiger partial charge in [-0.2, -0.15) is 0 Å². The SMILES string of the molecule is O=C1CCCC[C@H](C(=O)NCc2c(Cl)cccc2-n2ccnc2)N1. The van der Waals surface area contributed by atoms with Crippen LogP contribution in [0.2, 0.25) is 5.02 Å². The summed E-state index contributed by atoms with van der Waals surface area (Å²) in [5.41, 5.74) is 1.68. The molecule has 24 heavy (non-hydrogen) atoms. The molecular weight excluding hydrogens is 328 g/mol. The lowest BCUT2D eigenvalue weighted by atomic mass is 10.1. The molecular formula is C17H19ClN4O2. The van der Waals surface area contributed by atoms with E-state index in [9.17, 15) is 9.59 Å². The van der Waals surface area contributed by atoms with Gasteiger partial charge in [-0.3, -0.25) is 9.59 Å². The van der Waals surface area contributed by atoms with E-state index in [4.69, 9.17) is 11.6 Å². The van der Waals surface area contributed by atoms with Crippen LogP contribution in [0.3, 0.4) is 0 Å². The van der Waals surface area contributed by atoms with Crippen LogP contribution in [0.15, 0.2) is 36.9 Å². The number of aromatic nitrogens is 2. The van der Waals surface area contributed by atoms with Crippen LogP contribution in [0.4, 0.5) is 0 Å². The Morgan fingerprint density at radius 2 is 2.29 bits per heavy atom. The highest BCUT2D eigenvalue weighted by Gasteiger charge is 2.23. The molecule has 1 atom stereocenters. The number of hydrogen-bond donors (Lipinski definition) is 2. The van der Waals surface area contributed by atoms with E-state index in [-0.39, 0.29) is 11.8 Å². The normalized spacial score (nSPS) is 17.9. The minimum atomic E-state index is -0.473. The number of rotatable bonds is 4. The molecule has 2 N–H and O–H groups in total. The molecule has 0 aliphatic carbocycles. The second-order valence-electron chi connectivity index (χ2n) is 5.79. The molecule has 2 aromatic rings. The maximum absolute atomic E-state index is 12.4. The number of hydrogen-bond acceptors (Lipinski definition) is 3. The summed E-state index contributed by atoms with van der Waals surface area (Å²) >= 11 is 6.31. The third kappa shape index (κ3) is 3.76. The fourth-order valence-electron chi connectivity index (χ4n) is 2.83. The minimum Gasteiger partial charge on any atom is -0.350 e. The highest BCUT2D eigenvalue weighted by Crippen LogP contribution is 2.23. The average molecular weight is 347 g/mol. The van der Waals surface area contributed by atoms with Gasteiger partial charge in [-0.1, -0.05) is 24.1 Å². The molecule has 2 amide bonds. The Kier molecular flexibility index (Phi) is 5.15. The van der Waals surface area contributed by atoms with Crippen LogP contribution in [0.25, 0.3) is 5.69 Å². The summed E-state index contributed by atoms with van der Waals surface area (Å²) in [6.45, 7) is 0.290. The van der Waals surface area contributed by atoms with Crippen molar-refractivity contribution in [3.63, 3.8) is 0 Å². The molecule has 1 aromatic carbocycles. The van der Waals surface area contributed by atoms with E-state index >= 15 is 0 Å². The van der Waals surface area contributed by atoms with Gasteiger partial charge in [0.1, 0.15) is 6.04 Å². The fourth-order valence-corrected chi connectivity index (χ4v) is 3.07. The molecule has 0 unspecified atom stereocenters. The lowest BCUT2D eigenvalue weighted by Gasteiger charge is -2.17. The molecule has 3 rings (SSSR count). The maximum Gasteiger partial charge on any atom is 0.242 e. The standard InChI is InChI=1S/C17H19ClN4O2/c18-13-4-3-6-15(22-9-8-19-11-22)12(13)10-20-17(24)14-5-1-2-7-16(23)21-14/h3-4,6,8-9,11,14H,1-2,5,7,10H2,(H,20,24)(H,21,23)/t14-/m1/s1. The molecule has 0 saturated carbocycles. The van der Waals surface area contributed by atoms with E-state index in [0.717, 1.165) is 24.1 Å². The molecule has 1 aromatic heterocycles. The van der Waals surface area contributed by atoms with Crippen molar-refractivity contribution in [1.29, 1.82) is 0 Å². The summed E-state index contributed by atoms with van der Waals surface area (Å²) in [6.07, 6.45) is 8.02. The van der Waals surface area contributed by atoms with Gasteiger partial charge in [0, 0.05) is 35.9 Å². The number of nitrogens with zero attached hydrogens (tertiary/aromatic N) is 2. The molecule has 2 heterocycles. The summed E-state index contributed by atoms with van der Waals surface area (Å²) in [4.78, 5) is 28.0. The van der Waals surface area contributed by atoms with E-state index in [0.29, 0.717) is 24.4 Å². The van der Waals surface area contributed by atoms with Gasteiger partial charge in [-0.25, -0.2) is 4.98 Å². The van der Waals surface area contributed by atoms with E-state index in [1.54, 1.807) is 18.6 Å². The first kappa shape index (κ1) is 16.5. The van der Waals surface area contributed by atoms with Crippen molar-refractivity contribution >= 4 is 23.4 Å². The van der Waals surface area contributed by atoms with Crippen LogP contribution < -0.4 is 10.6 Å². The van der Waals surface area contributed by atoms with Gasteiger partial charge in [0.2, 0.25) is 11.8 Å². The molecule has 7 heteroatoms. The maximum atomic E-state index is 12.4. The Morgan fingerprint density at radius 3 is 3.08 bits per heavy atom. The van der Waals surface area contributed by atoms with E-state index in [1.165, 1.54) is 0 Å². The largest absolute Gasteiger partial charge is 0.350 e. The molecule has 0 radical (unpaired) electrons. The van der Waals surface area contributed by atoms with Gasteiger partial charge < -0.3 is 15.2 Å². The third-order valence-corrected chi connectivity index (χ3v) is 4.47. The molecule has 1 aliphatic heterocycles. The van der Waals surface area contributed by atoms with E-state index in [2.05, 4.69) is 15.6 Å². The number of carbonyl (C=O) groups is 2. The van der Waals surface area contributed by atoms with Crippen LogP contribution in [0.1, 0.15) is 31.2 Å². The molecule has 1 saturated heterocycles.